The highest BCUT2D eigenvalue weighted by molar-refractivity contribution is 6.04. The number of aromatic nitrogens is 4. The lowest BCUT2D eigenvalue weighted by Gasteiger charge is -2.07. The summed E-state index contributed by atoms with van der Waals surface area (Å²) in [4.78, 5) is 16.8. The summed E-state index contributed by atoms with van der Waals surface area (Å²) in [5, 5.41) is 10.6. The van der Waals surface area contributed by atoms with Crippen LogP contribution in [0.25, 0.3) is 16.8 Å². The largest absolute Gasteiger partial charge is 0.321 e. The van der Waals surface area contributed by atoms with Crippen LogP contribution in [-0.4, -0.2) is 25.5 Å². The van der Waals surface area contributed by atoms with Crippen LogP contribution in [0.1, 0.15) is 15.9 Å². The van der Waals surface area contributed by atoms with Crippen LogP contribution in [0.3, 0.4) is 0 Å². The molecule has 4 aromatic rings. The molecule has 6 nitrogen and oxygen atoms in total. The van der Waals surface area contributed by atoms with E-state index in [2.05, 4.69) is 26.6 Å². The zero-order valence-corrected chi connectivity index (χ0v) is 13.5. The van der Waals surface area contributed by atoms with Crippen molar-refractivity contribution in [3.63, 3.8) is 0 Å². The van der Waals surface area contributed by atoms with E-state index in [0.717, 1.165) is 22.3 Å². The van der Waals surface area contributed by atoms with Gasteiger partial charge in [0.05, 0.1) is 11.3 Å². The highest BCUT2D eigenvalue weighted by atomic mass is 16.1. The van der Waals surface area contributed by atoms with Crippen molar-refractivity contribution >= 4 is 17.2 Å². The zero-order valence-electron chi connectivity index (χ0n) is 13.5. The number of carbonyl (C=O) groups is 1. The molecular formula is C19H15N5O. The van der Waals surface area contributed by atoms with Gasteiger partial charge in [-0.05, 0) is 30.7 Å². The standard InChI is InChI=1S/C19H15N5O/c1-13-3-2-4-14(7-13)15-8-16(10-20-9-15)19(25)22-17-5-6-18-23-21-12-24(18)11-17/h2-12H,1H3,(H,22,25). The summed E-state index contributed by atoms with van der Waals surface area (Å²) in [5.41, 5.74) is 5.00. The Morgan fingerprint density at radius 3 is 2.88 bits per heavy atom. The number of fused-ring (bicyclic) bond motifs is 1. The summed E-state index contributed by atoms with van der Waals surface area (Å²) in [6, 6.07) is 13.5. The molecule has 0 bridgehead atoms. The Hall–Kier alpha value is -3.54. The van der Waals surface area contributed by atoms with Crippen LogP contribution in [0.2, 0.25) is 0 Å². The molecule has 0 unspecified atom stereocenters. The molecule has 0 aliphatic heterocycles. The van der Waals surface area contributed by atoms with Gasteiger partial charge in [-0.15, -0.1) is 10.2 Å². The average Bonchev–Trinajstić information content (AvgIpc) is 3.09. The van der Waals surface area contributed by atoms with Crippen molar-refractivity contribution in [2.24, 2.45) is 0 Å². The predicted octanol–water partition coefficient (Wildman–Crippen LogP) is 3.35. The molecule has 0 fully saturated rings. The Balaban J connectivity index is 1.60. The van der Waals surface area contributed by atoms with Crippen molar-refractivity contribution in [3.8, 4) is 11.1 Å². The zero-order chi connectivity index (χ0) is 17.2. The number of carbonyl (C=O) groups excluding carboxylic acids is 1. The number of nitrogens with one attached hydrogen (secondary N) is 1. The minimum atomic E-state index is -0.213. The van der Waals surface area contributed by atoms with Crippen molar-refractivity contribution < 1.29 is 4.79 Å². The van der Waals surface area contributed by atoms with Crippen LogP contribution < -0.4 is 5.32 Å². The van der Waals surface area contributed by atoms with Gasteiger partial charge in [-0.2, -0.15) is 0 Å². The van der Waals surface area contributed by atoms with Gasteiger partial charge >= 0.3 is 0 Å². The number of rotatable bonds is 3. The Bertz CT molecular complexity index is 1070. The molecule has 1 aromatic carbocycles. The van der Waals surface area contributed by atoms with Crippen LogP contribution in [0.4, 0.5) is 5.69 Å². The molecule has 0 aliphatic rings. The molecule has 25 heavy (non-hydrogen) atoms. The van der Waals surface area contributed by atoms with Crippen molar-refractivity contribution in [2.45, 2.75) is 6.92 Å². The van der Waals surface area contributed by atoms with Gasteiger partial charge in [-0.3, -0.25) is 14.2 Å². The first-order valence-electron chi connectivity index (χ1n) is 7.82. The fourth-order valence-electron chi connectivity index (χ4n) is 2.65. The Morgan fingerprint density at radius 1 is 1.08 bits per heavy atom. The molecule has 122 valence electrons. The van der Waals surface area contributed by atoms with E-state index in [4.69, 9.17) is 0 Å². The van der Waals surface area contributed by atoms with Crippen LogP contribution in [0, 0.1) is 6.92 Å². The molecule has 0 aliphatic carbocycles. The van der Waals surface area contributed by atoms with E-state index in [1.165, 1.54) is 0 Å². The smallest absolute Gasteiger partial charge is 0.257 e. The number of amides is 1. The SMILES string of the molecule is Cc1cccc(-c2cncc(C(=O)Nc3ccc4nncn4c3)c2)c1. The topological polar surface area (TPSA) is 72.2 Å². The molecular weight excluding hydrogens is 314 g/mol. The highest BCUT2D eigenvalue weighted by Gasteiger charge is 2.09. The molecule has 0 saturated heterocycles. The molecule has 4 rings (SSSR count). The van der Waals surface area contributed by atoms with Crippen LogP contribution in [0.5, 0.6) is 0 Å². The van der Waals surface area contributed by atoms with Crippen molar-refractivity contribution in [1.29, 1.82) is 0 Å². The van der Waals surface area contributed by atoms with E-state index in [9.17, 15) is 4.79 Å². The van der Waals surface area contributed by atoms with Crippen LogP contribution >= 0.6 is 0 Å². The molecule has 1 amide bonds. The minimum Gasteiger partial charge on any atom is -0.321 e. The molecule has 3 aromatic heterocycles. The second-order valence-corrected chi connectivity index (χ2v) is 5.80. The predicted molar refractivity (Wildman–Crippen MR) is 95.4 cm³/mol. The molecule has 0 spiro atoms. The Labute approximate surface area is 144 Å². The van der Waals surface area contributed by atoms with Crippen LogP contribution in [-0.2, 0) is 0 Å². The fourth-order valence-corrected chi connectivity index (χ4v) is 2.65. The van der Waals surface area contributed by atoms with Crippen molar-refractivity contribution in [3.05, 3.63) is 78.5 Å². The number of pyridine rings is 2. The second kappa shape index (κ2) is 6.16. The summed E-state index contributed by atoms with van der Waals surface area (Å²) >= 11 is 0. The van der Waals surface area contributed by atoms with Gasteiger partial charge in [-0.1, -0.05) is 29.8 Å². The number of anilines is 1. The van der Waals surface area contributed by atoms with Crippen molar-refractivity contribution in [1.82, 2.24) is 19.6 Å². The van der Waals surface area contributed by atoms with Gasteiger partial charge in [0.15, 0.2) is 5.65 Å². The molecule has 0 saturated carbocycles. The van der Waals surface area contributed by atoms with E-state index < -0.39 is 0 Å². The number of benzene rings is 1. The summed E-state index contributed by atoms with van der Waals surface area (Å²) in [6.45, 7) is 2.04. The number of aryl methyl sites for hydroxylation is 1. The summed E-state index contributed by atoms with van der Waals surface area (Å²) in [6.07, 6.45) is 6.68. The molecule has 0 atom stereocenters. The molecule has 0 radical (unpaired) electrons. The Kier molecular flexibility index (Phi) is 3.70. The quantitative estimate of drug-likeness (QED) is 0.625. The maximum absolute atomic E-state index is 12.5. The van der Waals surface area contributed by atoms with Gasteiger partial charge in [-0.25, -0.2) is 0 Å². The first-order valence-corrected chi connectivity index (χ1v) is 7.82. The lowest BCUT2D eigenvalue weighted by atomic mass is 10.0. The third-order valence-electron chi connectivity index (χ3n) is 3.90. The van der Waals surface area contributed by atoms with Crippen molar-refractivity contribution in [2.75, 3.05) is 5.32 Å². The molecule has 3 heterocycles. The summed E-state index contributed by atoms with van der Waals surface area (Å²) in [7, 11) is 0. The van der Waals surface area contributed by atoms with Gasteiger partial charge in [0, 0.05) is 24.2 Å². The number of hydrogen-bond acceptors (Lipinski definition) is 4. The number of hydrogen-bond donors (Lipinski definition) is 1. The average molecular weight is 329 g/mol. The Morgan fingerprint density at radius 2 is 2.00 bits per heavy atom. The van der Waals surface area contributed by atoms with E-state index >= 15 is 0 Å². The maximum atomic E-state index is 12.5. The van der Waals surface area contributed by atoms with E-state index in [-0.39, 0.29) is 5.91 Å². The third kappa shape index (κ3) is 3.10. The van der Waals surface area contributed by atoms with E-state index in [0.29, 0.717) is 11.3 Å². The lowest BCUT2D eigenvalue weighted by Crippen LogP contribution is -2.12. The normalized spacial score (nSPS) is 10.8. The summed E-state index contributed by atoms with van der Waals surface area (Å²) < 4.78 is 1.75. The lowest BCUT2D eigenvalue weighted by molar-refractivity contribution is 0.102. The third-order valence-corrected chi connectivity index (χ3v) is 3.90. The first-order chi connectivity index (χ1) is 12.2. The first kappa shape index (κ1) is 15.0. The molecule has 6 heteroatoms. The molecule has 1 N–H and O–H groups in total. The van der Waals surface area contributed by atoms with Crippen LogP contribution in [0.15, 0.2) is 67.4 Å². The fraction of sp³-hybridized carbons (Fsp3) is 0.0526. The van der Waals surface area contributed by atoms with E-state index in [1.54, 1.807) is 41.5 Å². The van der Waals surface area contributed by atoms with Gasteiger partial charge < -0.3 is 5.32 Å². The van der Waals surface area contributed by atoms with Gasteiger partial charge in [0.2, 0.25) is 0 Å². The maximum Gasteiger partial charge on any atom is 0.257 e. The highest BCUT2D eigenvalue weighted by Crippen LogP contribution is 2.21. The second-order valence-electron chi connectivity index (χ2n) is 5.80. The monoisotopic (exact) mass is 329 g/mol. The minimum absolute atomic E-state index is 0.213. The van der Waals surface area contributed by atoms with Gasteiger partial charge in [0.1, 0.15) is 6.33 Å². The summed E-state index contributed by atoms with van der Waals surface area (Å²) in [5.74, 6) is -0.213. The van der Waals surface area contributed by atoms with E-state index in [1.807, 2.05) is 31.2 Å². The number of nitrogens with zero attached hydrogens (tertiary/aromatic N) is 4. The van der Waals surface area contributed by atoms with Gasteiger partial charge in [0.25, 0.3) is 5.91 Å².